The number of phenolic OH excluding ortho intramolecular Hbond substituents is 2. The van der Waals surface area contributed by atoms with E-state index in [2.05, 4.69) is 5.32 Å². The third-order valence-electron chi connectivity index (χ3n) is 2.95. The fourth-order valence-corrected chi connectivity index (χ4v) is 1.99. The van der Waals surface area contributed by atoms with Crippen molar-refractivity contribution in [3.63, 3.8) is 0 Å². The van der Waals surface area contributed by atoms with E-state index in [0.717, 1.165) is 0 Å². The van der Waals surface area contributed by atoms with Crippen molar-refractivity contribution in [1.29, 1.82) is 0 Å². The molecule has 116 valence electrons. The van der Waals surface area contributed by atoms with Crippen molar-refractivity contribution in [2.75, 3.05) is 19.5 Å². The molecule has 0 saturated carbocycles. The Labute approximate surface area is 131 Å². The lowest BCUT2D eigenvalue weighted by Gasteiger charge is -2.11. The quantitative estimate of drug-likeness (QED) is 0.753. The molecule has 0 saturated heterocycles. The molecular weight excluding hydrogens is 310 g/mol. The number of aromatic hydroxyl groups is 2. The summed E-state index contributed by atoms with van der Waals surface area (Å²) >= 11 is 5.79. The number of ether oxygens (including phenoxy) is 2. The largest absolute Gasteiger partial charge is 0.506 e. The third kappa shape index (κ3) is 3.17. The number of benzene rings is 2. The van der Waals surface area contributed by atoms with Gasteiger partial charge < -0.3 is 25.0 Å². The van der Waals surface area contributed by atoms with E-state index in [9.17, 15) is 15.0 Å². The van der Waals surface area contributed by atoms with Crippen LogP contribution in [0.5, 0.6) is 23.0 Å². The van der Waals surface area contributed by atoms with Gasteiger partial charge in [-0.1, -0.05) is 11.6 Å². The molecule has 0 aliphatic heterocycles. The Balaban J connectivity index is 2.31. The van der Waals surface area contributed by atoms with E-state index in [1.807, 2.05) is 0 Å². The van der Waals surface area contributed by atoms with Crippen LogP contribution in [0.3, 0.4) is 0 Å². The molecule has 7 heteroatoms. The van der Waals surface area contributed by atoms with Crippen LogP contribution in [0.2, 0.25) is 5.02 Å². The molecule has 0 atom stereocenters. The number of carbonyl (C=O) groups excluding carboxylic acids is 1. The standard InChI is InChI=1S/C15H14ClNO5/c1-21-12-5-8(6-13(22-2)14(12)19)15(20)17-9-3-4-11(18)10(16)7-9/h3-7,18-19H,1-2H3,(H,17,20). The highest BCUT2D eigenvalue weighted by molar-refractivity contribution is 6.32. The van der Waals surface area contributed by atoms with Crippen LogP contribution >= 0.6 is 11.6 Å². The lowest BCUT2D eigenvalue weighted by molar-refractivity contribution is 0.102. The molecule has 2 aromatic rings. The van der Waals surface area contributed by atoms with Gasteiger partial charge in [0.15, 0.2) is 11.5 Å². The van der Waals surface area contributed by atoms with E-state index >= 15 is 0 Å². The van der Waals surface area contributed by atoms with Crippen LogP contribution in [0.15, 0.2) is 30.3 Å². The second kappa shape index (κ2) is 6.44. The number of carbonyl (C=O) groups is 1. The number of phenols is 2. The number of amides is 1. The van der Waals surface area contributed by atoms with Crippen LogP contribution in [0.1, 0.15) is 10.4 Å². The normalized spacial score (nSPS) is 10.1. The lowest BCUT2D eigenvalue weighted by Crippen LogP contribution is -2.12. The molecule has 2 rings (SSSR count). The maximum absolute atomic E-state index is 12.2. The lowest BCUT2D eigenvalue weighted by atomic mass is 10.1. The molecule has 1 amide bonds. The zero-order valence-corrected chi connectivity index (χ0v) is 12.6. The maximum atomic E-state index is 12.2. The van der Waals surface area contributed by atoms with Gasteiger partial charge in [0.1, 0.15) is 5.75 Å². The minimum atomic E-state index is -0.446. The number of rotatable bonds is 4. The minimum absolute atomic E-state index is 0.0763. The van der Waals surface area contributed by atoms with Crippen LogP contribution < -0.4 is 14.8 Å². The van der Waals surface area contributed by atoms with E-state index in [4.69, 9.17) is 21.1 Å². The average molecular weight is 324 g/mol. The molecule has 0 heterocycles. The van der Waals surface area contributed by atoms with Crippen molar-refractivity contribution in [3.05, 3.63) is 40.9 Å². The zero-order chi connectivity index (χ0) is 16.3. The van der Waals surface area contributed by atoms with E-state index < -0.39 is 5.91 Å². The van der Waals surface area contributed by atoms with Gasteiger partial charge in [-0.25, -0.2) is 0 Å². The van der Waals surface area contributed by atoms with Gasteiger partial charge >= 0.3 is 0 Å². The Kier molecular flexibility index (Phi) is 4.62. The topological polar surface area (TPSA) is 88.0 Å². The van der Waals surface area contributed by atoms with Crippen molar-refractivity contribution < 1.29 is 24.5 Å². The highest BCUT2D eigenvalue weighted by atomic mass is 35.5. The summed E-state index contributed by atoms with van der Waals surface area (Å²) in [6.45, 7) is 0. The van der Waals surface area contributed by atoms with E-state index in [1.54, 1.807) is 0 Å². The first-order chi connectivity index (χ1) is 10.5. The fraction of sp³-hybridized carbons (Fsp3) is 0.133. The number of halogens is 1. The molecule has 2 aromatic carbocycles. The summed E-state index contributed by atoms with van der Waals surface area (Å²) in [5.74, 6) is -0.471. The van der Waals surface area contributed by atoms with Crippen LogP contribution in [0.4, 0.5) is 5.69 Å². The predicted molar refractivity (Wildman–Crippen MR) is 82.3 cm³/mol. The van der Waals surface area contributed by atoms with Crippen molar-refractivity contribution >= 4 is 23.2 Å². The van der Waals surface area contributed by atoms with Crippen LogP contribution in [-0.4, -0.2) is 30.3 Å². The average Bonchev–Trinajstić information content (AvgIpc) is 2.51. The molecule has 0 unspecified atom stereocenters. The van der Waals surface area contributed by atoms with E-state index in [-0.39, 0.29) is 33.6 Å². The number of nitrogens with one attached hydrogen (secondary N) is 1. The molecular formula is C15H14ClNO5. The summed E-state index contributed by atoms with van der Waals surface area (Å²) in [4.78, 5) is 12.2. The third-order valence-corrected chi connectivity index (χ3v) is 3.25. The highest BCUT2D eigenvalue weighted by Gasteiger charge is 2.16. The van der Waals surface area contributed by atoms with Crippen LogP contribution in [0, 0.1) is 0 Å². The summed E-state index contributed by atoms with van der Waals surface area (Å²) in [5.41, 5.74) is 0.648. The fourth-order valence-electron chi connectivity index (χ4n) is 1.81. The van der Waals surface area contributed by atoms with Gasteiger partial charge in [0.2, 0.25) is 5.75 Å². The molecule has 0 fully saturated rings. The first kappa shape index (κ1) is 15.8. The molecule has 3 N–H and O–H groups in total. The molecule has 0 aliphatic carbocycles. The summed E-state index contributed by atoms with van der Waals surface area (Å²) in [7, 11) is 2.74. The van der Waals surface area contributed by atoms with Crippen LogP contribution in [-0.2, 0) is 0 Å². The van der Waals surface area contributed by atoms with E-state index in [1.165, 1.54) is 44.6 Å². The van der Waals surface area contributed by atoms with Crippen molar-refractivity contribution in [2.45, 2.75) is 0 Å². The Hall–Kier alpha value is -2.60. The number of hydrogen-bond donors (Lipinski definition) is 3. The molecule has 0 radical (unpaired) electrons. The highest BCUT2D eigenvalue weighted by Crippen LogP contribution is 2.37. The monoisotopic (exact) mass is 323 g/mol. The van der Waals surface area contributed by atoms with Crippen molar-refractivity contribution in [3.8, 4) is 23.0 Å². The summed E-state index contributed by atoms with van der Waals surface area (Å²) < 4.78 is 10.00. The Bertz CT molecular complexity index is 692. The summed E-state index contributed by atoms with van der Waals surface area (Å²) in [5, 5.41) is 21.9. The zero-order valence-electron chi connectivity index (χ0n) is 11.9. The van der Waals surface area contributed by atoms with Gasteiger partial charge in [-0.2, -0.15) is 0 Å². The smallest absolute Gasteiger partial charge is 0.255 e. The minimum Gasteiger partial charge on any atom is -0.506 e. The van der Waals surface area contributed by atoms with Gasteiger partial charge in [-0.3, -0.25) is 4.79 Å². The Morgan fingerprint density at radius 3 is 2.18 bits per heavy atom. The first-order valence-corrected chi connectivity index (χ1v) is 6.59. The number of hydrogen-bond acceptors (Lipinski definition) is 5. The Morgan fingerprint density at radius 2 is 1.68 bits per heavy atom. The summed E-state index contributed by atoms with van der Waals surface area (Å²) in [6.07, 6.45) is 0. The second-order valence-corrected chi connectivity index (χ2v) is 4.76. The molecule has 0 spiro atoms. The number of methoxy groups -OCH3 is 2. The van der Waals surface area contributed by atoms with Gasteiger partial charge in [-0.15, -0.1) is 0 Å². The van der Waals surface area contributed by atoms with Crippen LogP contribution in [0.25, 0.3) is 0 Å². The molecule has 0 bridgehead atoms. The first-order valence-electron chi connectivity index (χ1n) is 6.21. The van der Waals surface area contributed by atoms with Crippen molar-refractivity contribution in [2.24, 2.45) is 0 Å². The Morgan fingerprint density at radius 1 is 1.09 bits per heavy atom. The van der Waals surface area contributed by atoms with Gasteiger partial charge in [0, 0.05) is 11.3 Å². The van der Waals surface area contributed by atoms with Gasteiger partial charge in [0.25, 0.3) is 5.91 Å². The van der Waals surface area contributed by atoms with Gasteiger partial charge in [-0.05, 0) is 30.3 Å². The maximum Gasteiger partial charge on any atom is 0.255 e. The second-order valence-electron chi connectivity index (χ2n) is 4.35. The summed E-state index contributed by atoms with van der Waals surface area (Å²) in [6, 6.07) is 7.07. The predicted octanol–water partition coefficient (Wildman–Crippen LogP) is 3.02. The van der Waals surface area contributed by atoms with Gasteiger partial charge in [0.05, 0.1) is 19.2 Å². The van der Waals surface area contributed by atoms with E-state index in [0.29, 0.717) is 5.69 Å². The molecule has 0 aromatic heterocycles. The molecule has 22 heavy (non-hydrogen) atoms. The molecule has 6 nitrogen and oxygen atoms in total. The molecule has 0 aliphatic rings. The van der Waals surface area contributed by atoms with Crippen molar-refractivity contribution in [1.82, 2.24) is 0 Å². The SMILES string of the molecule is COc1cc(C(=O)Nc2ccc(O)c(Cl)c2)cc(OC)c1O. The number of anilines is 1.